The molecule has 0 radical (unpaired) electrons. The van der Waals surface area contributed by atoms with E-state index >= 15 is 0 Å². The van der Waals surface area contributed by atoms with Crippen LogP contribution >= 0.6 is 0 Å². The minimum absolute atomic E-state index is 0.539. The van der Waals surface area contributed by atoms with Crippen LogP contribution in [0.15, 0.2) is 192 Å². The van der Waals surface area contributed by atoms with Gasteiger partial charge in [-0.15, -0.1) is 0 Å². The van der Waals surface area contributed by atoms with E-state index in [1.807, 2.05) is 18.2 Å². The Bertz CT molecular complexity index is 3430. The highest BCUT2D eigenvalue weighted by atomic mass is 16.3. The molecule has 4 heterocycles. The van der Waals surface area contributed by atoms with Crippen molar-refractivity contribution in [2.24, 2.45) is 0 Å². The van der Waals surface area contributed by atoms with Crippen molar-refractivity contribution in [1.29, 1.82) is 0 Å². The lowest BCUT2D eigenvalue weighted by molar-refractivity contribution is 0.670. The molecule has 0 bridgehead atoms. The maximum atomic E-state index is 6.70. The standard InChI is InChI=1S/C51H31N5O/c1-2-16-32(17-3-1)33-30-31-40(47-39-23-9-15-29-46(39)57-48(33)47)50-52-49(53-51(54-50)56-43-26-12-6-20-36(43)37-21-7-13-27-44(37)56)38-22-8-14-28-45(38)55-41-24-10-4-18-34(41)35-19-5-11-25-42(35)55/h1-31H. The molecule has 57 heavy (non-hydrogen) atoms. The van der Waals surface area contributed by atoms with Crippen LogP contribution < -0.4 is 0 Å². The summed E-state index contributed by atoms with van der Waals surface area (Å²) in [6.45, 7) is 0. The van der Waals surface area contributed by atoms with E-state index in [1.54, 1.807) is 0 Å². The molecule has 0 saturated heterocycles. The monoisotopic (exact) mass is 729 g/mol. The fourth-order valence-electron chi connectivity index (χ4n) is 8.74. The van der Waals surface area contributed by atoms with Crippen LogP contribution in [0.5, 0.6) is 0 Å². The molecule has 4 aromatic heterocycles. The second-order valence-electron chi connectivity index (χ2n) is 14.4. The average molecular weight is 730 g/mol. The van der Waals surface area contributed by atoms with Gasteiger partial charge in [-0.1, -0.05) is 133 Å². The van der Waals surface area contributed by atoms with Crippen molar-refractivity contribution in [2.75, 3.05) is 0 Å². The first-order valence-electron chi connectivity index (χ1n) is 19.1. The highest BCUT2D eigenvalue weighted by Crippen LogP contribution is 2.42. The van der Waals surface area contributed by atoms with E-state index in [4.69, 9.17) is 19.4 Å². The Morgan fingerprint density at radius 1 is 0.351 bits per heavy atom. The van der Waals surface area contributed by atoms with Crippen LogP contribution in [0.4, 0.5) is 0 Å². The van der Waals surface area contributed by atoms with Gasteiger partial charge >= 0.3 is 0 Å². The molecule has 0 atom stereocenters. The lowest BCUT2D eigenvalue weighted by atomic mass is 9.98. The molecule has 0 aliphatic rings. The summed E-state index contributed by atoms with van der Waals surface area (Å²) in [5.41, 5.74) is 10.7. The maximum absolute atomic E-state index is 6.70. The SMILES string of the molecule is c1ccc(-c2ccc(-c3nc(-c4ccccc4-n4c5ccccc5c5ccccc54)nc(-n4c5ccccc5c5ccccc54)n3)c3c2oc2ccccc23)cc1. The Hall–Kier alpha value is -7.83. The number of fused-ring (bicyclic) bond motifs is 9. The smallest absolute Gasteiger partial charge is 0.238 e. The highest BCUT2D eigenvalue weighted by molar-refractivity contribution is 6.16. The van der Waals surface area contributed by atoms with E-state index in [9.17, 15) is 0 Å². The zero-order chi connectivity index (χ0) is 37.5. The van der Waals surface area contributed by atoms with Crippen LogP contribution in [0.1, 0.15) is 0 Å². The quantitative estimate of drug-likeness (QED) is 0.177. The number of rotatable bonds is 5. The number of hydrogen-bond acceptors (Lipinski definition) is 4. The molecule has 0 fully saturated rings. The van der Waals surface area contributed by atoms with Crippen molar-refractivity contribution in [3.63, 3.8) is 0 Å². The predicted molar refractivity (Wildman–Crippen MR) is 232 cm³/mol. The molecule has 8 aromatic carbocycles. The van der Waals surface area contributed by atoms with Gasteiger partial charge in [-0.25, -0.2) is 4.98 Å². The molecule has 0 unspecified atom stereocenters. The lowest BCUT2D eigenvalue weighted by Gasteiger charge is -2.15. The first-order chi connectivity index (χ1) is 28.3. The van der Waals surface area contributed by atoms with E-state index in [0.717, 1.165) is 82.7 Å². The van der Waals surface area contributed by atoms with E-state index in [-0.39, 0.29) is 0 Å². The van der Waals surface area contributed by atoms with Crippen molar-refractivity contribution in [2.45, 2.75) is 0 Å². The molecule has 12 rings (SSSR count). The molecule has 0 saturated carbocycles. The van der Waals surface area contributed by atoms with Crippen LogP contribution in [0, 0.1) is 0 Å². The van der Waals surface area contributed by atoms with Crippen LogP contribution in [0.2, 0.25) is 0 Å². The van der Waals surface area contributed by atoms with Gasteiger partial charge in [0.15, 0.2) is 11.6 Å². The number of nitrogens with zero attached hydrogens (tertiary/aromatic N) is 5. The topological polar surface area (TPSA) is 61.7 Å². The summed E-state index contributed by atoms with van der Waals surface area (Å²) < 4.78 is 11.2. The summed E-state index contributed by atoms with van der Waals surface area (Å²) in [6, 6.07) is 65.4. The molecule has 0 aliphatic heterocycles. The maximum Gasteiger partial charge on any atom is 0.238 e. The van der Waals surface area contributed by atoms with E-state index < -0.39 is 0 Å². The molecule has 6 heteroatoms. The lowest BCUT2D eigenvalue weighted by Crippen LogP contribution is -2.08. The number of aromatic nitrogens is 5. The third-order valence-electron chi connectivity index (χ3n) is 11.2. The van der Waals surface area contributed by atoms with Crippen molar-refractivity contribution in [1.82, 2.24) is 24.1 Å². The number of benzene rings is 8. The highest BCUT2D eigenvalue weighted by Gasteiger charge is 2.24. The van der Waals surface area contributed by atoms with Gasteiger partial charge in [0.05, 0.1) is 27.8 Å². The van der Waals surface area contributed by atoms with Crippen LogP contribution in [-0.2, 0) is 0 Å². The molecular weight excluding hydrogens is 699 g/mol. The Balaban J connectivity index is 1.19. The zero-order valence-electron chi connectivity index (χ0n) is 30.5. The van der Waals surface area contributed by atoms with Gasteiger partial charge in [0, 0.05) is 49.0 Å². The Labute approximate surface area is 326 Å². The summed E-state index contributed by atoms with van der Waals surface area (Å²) in [4.78, 5) is 16.2. The molecule has 266 valence electrons. The number of hydrogen-bond donors (Lipinski definition) is 0. The van der Waals surface area contributed by atoms with Gasteiger partial charge in [-0.05, 0) is 60.2 Å². The molecule has 0 spiro atoms. The Morgan fingerprint density at radius 3 is 1.46 bits per heavy atom. The Kier molecular flexibility index (Phi) is 6.83. The molecular formula is C51H31N5O. The molecule has 0 N–H and O–H groups in total. The number of para-hydroxylation sites is 6. The van der Waals surface area contributed by atoms with Gasteiger partial charge in [-0.3, -0.25) is 4.57 Å². The molecule has 12 aromatic rings. The van der Waals surface area contributed by atoms with E-state index in [0.29, 0.717) is 17.6 Å². The van der Waals surface area contributed by atoms with Gasteiger partial charge in [0.1, 0.15) is 11.2 Å². The molecule has 0 aliphatic carbocycles. The first kappa shape index (κ1) is 31.5. The summed E-state index contributed by atoms with van der Waals surface area (Å²) in [5.74, 6) is 1.67. The fourth-order valence-corrected chi connectivity index (χ4v) is 8.74. The third-order valence-corrected chi connectivity index (χ3v) is 11.2. The van der Waals surface area contributed by atoms with Crippen LogP contribution in [-0.4, -0.2) is 24.1 Å². The normalized spacial score (nSPS) is 11.9. The van der Waals surface area contributed by atoms with Gasteiger partial charge < -0.3 is 8.98 Å². The van der Waals surface area contributed by atoms with Crippen molar-refractivity contribution in [3.05, 3.63) is 188 Å². The summed E-state index contributed by atoms with van der Waals surface area (Å²) in [7, 11) is 0. The van der Waals surface area contributed by atoms with Crippen molar-refractivity contribution >= 4 is 65.6 Å². The molecule has 0 amide bonds. The van der Waals surface area contributed by atoms with E-state index in [2.05, 4.69) is 179 Å². The fraction of sp³-hybridized carbons (Fsp3) is 0. The minimum atomic E-state index is 0.539. The van der Waals surface area contributed by atoms with Crippen LogP contribution in [0.25, 0.3) is 111 Å². The second-order valence-corrected chi connectivity index (χ2v) is 14.4. The average Bonchev–Trinajstić information content (AvgIpc) is 3.95. The second kappa shape index (κ2) is 12.3. The predicted octanol–water partition coefficient (Wildman–Crippen LogP) is 13.0. The van der Waals surface area contributed by atoms with Gasteiger partial charge in [-0.2, -0.15) is 9.97 Å². The number of furan rings is 1. The van der Waals surface area contributed by atoms with Crippen molar-refractivity contribution in [3.8, 4) is 45.5 Å². The zero-order valence-corrected chi connectivity index (χ0v) is 30.5. The van der Waals surface area contributed by atoms with Crippen molar-refractivity contribution < 1.29 is 4.42 Å². The molecule has 6 nitrogen and oxygen atoms in total. The van der Waals surface area contributed by atoms with Crippen LogP contribution in [0.3, 0.4) is 0 Å². The van der Waals surface area contributed by atoms with Gasteiger partial charge in [0.25, 0.3) is 0 Å². The van der Waals surface area contributed by atoms with E-state index in [1.165, 1.54) is 10.8 Å². The largest absolute Gasteiger partial charge is 0.455 e. The summed E-state index contributed by atoms with van der Waals surface area (Å²) in [6.07, 6.45) is 0. The minimum Gasteiger partial charge on any atom is -0.455 e. The first-order valence-corrected chi connectivity index (χ1v) is 19.1. The third kappa shape index (κ3) is 4.74. The summed E-state index contributed by atoms with van der Waals surface area (Å²) in [5, 5.41) is 6.63. The van der Waals surface area contributed by atoms with Gasteiger partial charge in [0.2, 0.25) is 5.95 Å². The Morgan fingerprint density at radius 2 is 0.825 bits per heavy atom. The summed E-state index contributed by atoms with van der Waals surface area (Å²) >= 11 is 0.